The summed E-state index contributed by atoms with van der Waals surface area (Å²) in [5.74, 6) is -22.6. The summed E-state index contributed by atoms with van der Waals surface area (Å²) < 4.78 is 9.93. The van der Waals surface area contributed by atoms with E-state index in [1.165, 1.54) is 0 Å². The molecule has 8 N–H and O–H groups in total. The van der Waals surface area contributed by atoms with Crippen LogP contribution in [0.5, 0.6) is 0 Å². The van der Waals surface area contributed by atoms with Gasteiger partial charge in [0.1, 0.15) is 0 Å². The fraction of sp³-hybridized carbons (Fsp3) is 0. The third-order valence-electron chi connectivity index (χ3n) is 9.55. The van der Waals surface area contributed by atoms with E-state index < -0.39 is 171 Å². The SMILES string of the molecule is O=C(O)c1ccc2c(C(=O)OC(=O)c3c(C(=O)O)cc(C(=O)O)c4c(C(=O)O)cccc34)c(C(=O)OC(=O)c3c(C(=O)O)cc(C(=O)O)c4c(C(=O)O)cccc34)ccc2c1C(=O)O. The van der Waals surface area contributed by atoms with Gasteiger partial charge in [-0.1, -0.05) is 36.4 Å². The van der Waals surface area contributed by atoms with Crippen molar-refractivity contribution in [1.29, 1.82) is 0 Å². The van der Waals surface area contributed by atoms with Crippen LogP contribution in [0.1, 0.15) is 124 Å². The Morgan fingerprint density at radius 3 is 0.969 bits per heavy atom. The molecule has 6 rings (SSSR count). The summed E-state index contributed by atoms with van der Waals surface area (Å²) in [6.07, 6.45) is 0. The van der Waals surface area contributed by atoms with E-state index in [9.17, 15) is 98.4 Å². The molecule has 6 aromatic carbocycles. The number of carbonyl (C=O) groups excluding carboxylic acids is 4. The predicted octanol–water partition coefficient (Wildman–Crippen LogP) is 4.73. The first-order chi connectivity index (χ1) is 30.1. The third-order valence-corrected chi connectivity index (χ3v) is 9.55. The maximum absolute atomic E-state index is 14.2. The van der Waals surface area contributed by atoms with Gasteiger partial charge in [0.15, 0.2) is 0 Å². The Morgan fingerprint density at radius 2 is 0.609 bits per heavy atom. The monoisotopic (exact) mass is 876 g/mol. The van der Waals surface area contributed by atoms with E-state index in [4.69, 9.17) is 9.47 Å². The first-order valence-corrected chi connectivity index (χ1v) is 17.3. The second-order valence-electron chi connectivity index (χ2n) is 13.0. The molecule has 22 heteroatoms. The fourth-order valence-corrected chi connectivity index (χ4v) is 7.02. The van der Waals surface area contributed by atoms with Gasteiger partial charge in [-0.3, -0.25) is 0 Å². The minimum Gasteiger partial charge on any atom is -0.478 e. The normalized spacial score (nSPS) is 10.8. The molecule has 0 spiro atoms. The Kier molecular flexibility index (Phi) is 11.1. The van der Waals surface area contributed by atoms with Gasteiger partial charge in [0.2, 0.25) is 0 Å². The molecule has 0 fully saturated rings. The first-order valence-electron chi connectivity index (χ1n) is 17.3. The van der Waals surface area contributed by atoms with Crippen LogP contribution >= 0.6 is 0 Å². The van der Waals surface area contributed by atoms with Crippen LogP contribution in [-0.4, -0.2) is 112 Å². The highest BCUT2D eigenvalue weighted by Gasteiger charge is 2.35. The van der Waals surface area contributed by atoms with Crippen molar-refractivity contribution in [3.63, 3.8) is 0 Å². The van der Waals surface area contributed by atoms with Gasteiger partial charge in [0.05, 0.1) is 66.8 Å². The van der Waals surface area contributed by atoms with Crippen LogP contribution in [0.15, 0.2) is 72.8 Å². The van der Waals surface area contributed by atoms with Crippen LogP contribution in [0.25, 0.3) is 32.3 Å². The van der Waals surface area contributed by atoms with Gasteiger partial charge < -0.3 is 50.3 Å². The van der Waals surface area contributed by atoms with E-state index in [0.29, 0.717) is 24.3 Å². The second kappa shape index (κ2) is 16.3. The molecule has 0 atom stereocenters. The molecule has 0 saturated heterocycles. The second-order valence-corrected chi connectivity index (χ2v) is 13.0. The lowest BCUT2D eigenvalue weighted by molar-refractivity contribution is 0.0356. The molecule has 0 unspecified atom stereocenters. The summed E-state index contributed by atoms with van der Waals surface area (Å²) >= 11 is 0. The van der Waals surface area contributed by atoms with E-state index in [0.717, 1.165) is 48.5 Å². The van der Waals surface area contributed by atoms with E-state index in [-0.39, 0.29) is 0 Å². The van der Waals surface area contributed by atoms with Crippen molar-refractivity contribution in [2.75, 3.05) is 0 Å². The zero-order valence-corrected chi connectivity index (χ0v) is 31.2. The van der Waals surface area contributed by atoms with Crippen LogP contribution in [0, 0.1) is 0 Å². The van der Waals surface area contributed by atoms with Crippen molar-refractivity contribution in [3.05, 3.63) is 140 Å². The van der Waals surface area contributed by atoms with Crippen molar-refractivity contribution in [2.24, 2.45) is 0 Å². The van der Waals surface area contributed by atoms with Gasteiger partial charge in [-0.2, -0.15) is 0 Å². The molecule has 0 amide bonds. The van der Waals surface area contributed by atoms with Crippen molar-refractivity contribution in [3.8, 4) is 0 Å². The topological polar surface area (TPSA) is 385 Å². The lowest BCUT2D eigenvalue weighted by atomic mass is 9.91. The van der Waals surface area contributed by atoms with Gasteiger partial charge in [0.25, 0.3) is 0 Å². The summed E-state index contributed by atoms with van der Waals surface area (Å²) in [7, 11) is 0. The minimum absolute atomic E-state index is 0.400. The molecule has 0 aliphatic rings. The Labute approximate surface area is 350 Å². The van der Waals surface area contributed by atoms with Crippen LogP contribution in [0.2, 0.25) is 0 Å². The number of carboxylic acid groups (broad SMARTS) is 8. The average Bonchev–Trinajstić information content (AvgIpc) is 3.22. The number of aromatic carboxylic acids is 8. The molecule has 320 valence electrons. The van der Waals surface area contributed by atoms with Gasteiger partial charge in [-0.25, -0.2) is 57.5 Å². The third kappa shape index (κ3) is 7.36. The van der Waals surface area contributed by atoms with Crippen LogP contribution in [0.3, 0.4) is 0 Å². The van der Waals surface area contributed by atoms with E-state index >= 15 is 0 Å². The molecule has 6 aromatic rings. The van der Waals surface area contributed by atoms with E-state index in [1.807, 2.05) is 0 Å². The molecular formula is C42H20O22. The van der Waals surface area contributed by atoms with Crippen molar-refractivity contribution in [2.45, 2.75) is 0 Å². The van der Waals surface area contributed by atoms with Crippen LogP contribution in [0.4, 0.5) is 0 Å². The highest BCUT2D eigenvalue weighted by Crippen LogP contribution is 2.35. The fourth-order valence-electron chi connectivity index (χ4n) is 7.02. The Hall–Kier alpha value is -9.86. The van der Waals surface area contributed by atoms with Gasteiger partial charge in [-0.05, 0) is 57.9 Å². The lowest BCUT2D eigenvalue weighted by Crippen LogP contribution is -2.23. The predicted molar refractivity (Wildman–Crippen MR) is 207 cm³/mol. The molecule has 0 saturated carbocycles. The van der Waals surface area contributed by atoms with E-state index in [2.05, 4.69) is 0 Å². The molecule has 64 heavy (non-hydrogen) atoms. The maximum atomic E-state index is 14.2. The zero-order valence-electron chi connectivity index (χ0n) is 31.2. The number of hydrogen-bond donors (Lipinski definition) is 8. The molecule has 0 heterocycles. The minimum atomic E-state index is -2.00. The Balaban J connectivity index is 1.57. The lowest BCUT2D eigenvalue weighted by Gasteiger charge is -2.16. The summed E-state index contributed by atoms with van der Waals surface area (Å²) in [5, 5.41) is 74.8. The van der Waals surface area contributed by atoms with Crippen LogP contribution < -0.4 is 0 Å². The number of carbonyl (C=O) groups is 12. The molecule has 0 bridgehead atoms. The van der Waals surface area contributed by atoms with E-state index in [1.54, 1.807) is 0 Å². The largest absolute Gasteiger partial charge is 0.478 e. The standard InChI is InChI=1S/C42H20O22/c43-31(44)17-5-1-3-15-25(17)21(34(49)50)11-23(36(53)54)29(15)41(61)63-39(59)20-10-8-13-14(7-9-19(33(47)48)27(13)38(57)58)28(20)40(60)64-42(62)30-16-4-2-6-18(32(45)46)26(16)22(35(51)52)12-24(30)37(55)56/h1-12H,(H,43,44)(H,45,46)(H,47,48)(H,49,50)(H,51,52)(H,53,54)(H,55,56)(H,57,58). The van der Waals surface area contributed by atoms with Crippen molar-refractivity contribution >= 4 is 104 Å². The Morgan fingerprint density at radius 1 is 0.281 bits per heavy atom. The number of ether oxygens (including phenoxy) is 2. The van der Waals surface area contributed by atoms with Crippen LogP contribution in [-0.2, 0) is 9.47 Å². The summed E-state index contributed by atoms with van der Waals surface area (Å²) in [6, 6.07) is 9.23. The number of benzene rings is 6. The molecule has 0 radical (unpaired) electrons. The number of rotatable bonds is 12. The van der Waals surface area contributed by atoms with Gasteiger partial charge >= 0.3 is 71.6 Å². The maximum Gasteiger partial charge on any atom is 0.347 e. The number of hydrogen-bond acceptors (Lipinski definition) is 14. The first kappa shape index (κ1) is 43.7. The summed E-state index contributed by atoms with van der Waals surface area (Å²) in [6.45, 7) is 0. The summed E-state index contributed by atoms with van der Waals surface area (Å²) in [5.41, 5.74) is -11.9. The van der Waals surface area contributed by atoms with Gasteiger partial charge in [0, 0.05) is 10.8 Å². The molecular weight excluding hydrogens is 856 g/mol. The molecule has 0 aromatic heterocycles. The summed E-state index contributed by atoms with van der Waals surface area (Å²) in [4.78, 5) is 153. The smallest absolute Gasteiger partial charge is 0.347 e. The molecule has 22 nitrogen and oxygen atoms in total. The highest BCUT2D eigenvalue weighted by atomic mass is 16.6. The molecule has 0 aliphatic heterocycles. The Bertz CT molecular complexity index is 3260. The van der Waals surface area contributed by atoms with Gasteiger partial charge in [-0.15, -0.1) is 0 Å². The molecule has 0 aliphatic carbocycles. The highest BCUT2D eigenvalue weighted by molar-refractivity contribution is 6.26. The number of esters is 4. The van der Waals surface area contributed by atoms with Crippen molar-refractivity contribution < 1.29 is 108 Å². The quantitative estimate of drug-likeness (QED) is 0.0608. The zero-order chi connectivity index (χ0) is 47.2. The average molecular weight is 877 g/mol. The number of carboxylic acids is 8. The van der Waals surface area contributed by atoms with Crippen molar-refractivity contribution in [1.82, 2.24) is 0 Å². The number of fused-ring (bicyclic) bond motifs is 3.